The second kappa shape index (κ2) is 7.48. The highest BCUT2D eigenvalue weighted by atomic mass is 16.2. The number of benzene rings is 3. The van der Waals surface area contributed by atoms with Crippen LogP contribution in [0.2, 0.25) is 0 Å². The lowest BCUT2D eigenvalue weighted by molar-refractivity contribution is -0.130. The van der Waals surface area contributed by atoms with E-state index in [1.54, 1.807) is 43.3 Å². The normalized spacial score (nSPS) is 18.3. The highest BCUT2D eigenvalue weighted by Crippen LogP contribution is 2.29. The molecule has 1 saturated heterocycles. The summed E-state index contributed by atoms with van der Waals surface area (Å²) in [5.41, 5.74) is 2.82. The van der Waals surface area contributed by atoms with Gasteiger partial charge in [0, 0.05) is 18.3 Å². The van der Waals surface area contributed by atoms with Gasteiger partial charge >= 0.3 is 6.03 Å². The van der Waals surface area contributed by atoms with Crippen LogP contribution < -0.4 is 10.6 Å². The Morgan fingerprint density at radius 3 is 2.03 bits per heavy atom. The summed E-state index contributed by atoms with van der Waals surface area (Å²) in [6, 6.07) is 23.8. The van der Waals surface area contributed by atoms with Crippen LogP contribution >= 0.6 is 0 Å². The Bertz CT molecular complexity index is 1110. The molecule has 0 spiro atoms. The van der Waals surface area contributed by atoms with Gasteiger partial charge in [0.05, 0.1) is 0 Å². The molecule has 1 aliphatic heterocycles. The fourth-order valence-corrected chi connectivity index (χ4v) is 3.51. The van der Waals surface area contributed by atoms with Crippen molar-refractivity contribution < 1.29 is 14.4 Å². The summed E-state index contributed by atoms with van der Waals surface area (Å²) in [6.07, 6.45) is 0. The van der Waals surface area contributed by atoms with Crippen LogP contribution in [0, 0.1) is 0 Å². The maximum absolute atomic E-state index is 12.6. The zero-order valence-corrected chi connectivity index (χ0v) is 16.7. The monoisotopic (exact) mass is 399 g/mol. The van der Waals surface area contributed by atoms with E-state index in [4.69, 9.17) is 0 Å². The highest BCUT2D eigenvalue weighted by molar-refractivity contribution is 6.07. The van der Waals surface area contributed by atoms with Crippen LogP contribution in [0.4, 0.5) is 10.5 Å². The van der Waals surface area contributed by atoms with Crippen molar-refractivity contribution in [2.45, 2.75) is 12.5 Å². The molecule has 1 atom stereocenters. The van der Waals surface area contributed by atoms with E-state index in [1.807, 2.05) is 42.5 Å². The molecule has 0 saturated carbocycles. The number of anilines is 1. The molecule has 0 bridgehead atoms. The molecular weight excluding hydrogens is 378 g/mol. The van der Waals surface area contributed by atoms with Crippen molar-refractivity contribution >= 4 is 23.5 Å². The topological polar surface area (TPSA) is 78.5 Å². The van der Waals surface area contributed by atoms with Gasteiger partial charge in [0.2, 0.25) is 0 Å². The number of rotatable bonds is 4. The molecule has 1 heterocycles. The number of urea groups is 1. The van der Waals surface area contributed by atoms with Gasteiger partial charge in [-0.2, -0.15) is 0 Å². The van der Waals surface area contributed by atoms with Gasteiger partial charge in [-0.25, -0.2) is 4.79 Å². The van der Waals surface area contributed by atoms with Gasteiger partial charge in [-0.1, -0.05) is 54.6 Å². The lowest BCUT2D eigenvalue weighted by Gasteiger charge is -2.22. The molecule has 3 aromatic carbocycles. The van der Waals surface area contributed by atoms with E-state index in [0.717, 1.165) is 16.0 Å². The van der Waals surface area contributed by atoms with Crippen LogP contribution in [-0.4, -0.2) is 29.8 Å². The Labute approximate surface area is 174 Å². The van der Waals surface area contributed by atoms with E-state index in [2.05, 4.69) is 10.6 Å². The minimum absolute atomic E-state index is 0.224. The van der Waals surface area contributed by atoms with Gasteiger partial charge in [0.1, 0.15) is 5.54 Å². The Hall–Kier alpha value is -3.93. The van der Waals surface area contributed by atoms with Gasteiger partial charge in [-0.05, 0) is 47.9 Å². The fourth-order valence-electron chi connectivity index (χ4n) is 3.51. The van der Waals surface area contributed by atoms with Crippen LogP contribution in [-0.2, 0) is 10.3 Å². The van der Waals surface area contributed by atoms with Gasteiger partial charge in [-0.15, -0.1) is 0 Å². The molecule has 1 fully saturated rings. The molecule has 6 heteroatoms. The number of amides is 4. The number of nitrogens with one attached hydrogen (secondary N) is 2. The molecule has 3 aromatic rings. The number of imide groups is 1. The fraction of sp³-hybridized carbons (Fsp3) is 0.125. The minimum Gasteiger partial charge on any atom is -0.322 e. The molecule has 30 heavy (non-hydrogen) atoms. The predicted octanol–water partition coefficient (Wildman–Crippen LogP) is 4.00. The van der Waals surface area contributed by atoms with Crippen LogP contribution in [0.15, 0.2) is 78.9 Å². The first-order valence-corrected chi connectivity index (χ1v) is 9.56. The van der Waals surface area contributed by atoms with Crippen molar-refractivity contribution in [3.05, 3.63) is 90.0 Å². The first kappa shape index (κ1) is 19.4. The van der Waals surface area contributed by atoms with Crippen LogP contribution in [0.5, 0.6) is 0 Å². The zero-order valence-electron chi connectivity index (χ0n) is 16.7. The molecular formula is C24H21N3O3. The first-order valence-electron chi connectivity index (χ1n) is 9.56. The highest BCUT2D eigenvalue weighted by Gasteiger charge is 2.47. The third kappa shape index (κ3) is 3.43. The van der Waals surface area contributed by atoms with E-state index in [9.17, 15) is 14.4 Å². The number of hydrogen-bond donors (Lipinski definition) is 2. The standard InChI is InChI=1S/C24H21N3O3/c1-24(22(29)27(2)23(30)26-24)19-12-14-20(15-13-19)25-21(28)18-10-8-17(9-11-18)16-6-4-3-5-7-16/h3-15H,1-2H3,(H,25,28)(H,26,30). The number of likely N-dealkylation sites (N-methyl/N-ethyl adjacent to an activating group) is 1. The quantitative estimate of drug-likeness (QED) is 0.651. The van der Waals surface area contributed by atoms with E-state index >= 15 is 0 Å². The van der Waals surface area contributed by atoms with Crippen LogP contribution in [0.25, 0.3) is 11.1 Å². The first-order chi connectivity index (χ1) is 14.4. The maximum atomic E-state index is 12.6. The molecule has 0 aliphatic carbocycles. The summed E-state index contributed by atoms with van der Waals surface area (Å²) in [5, 5.41) is 5.56. The molecule has 6 nitrogen and oxygen atoms in total. The number of carbonyl (C=O) groups excluding carboxylic acids is 3. The molecule has 2 N–H and O–H groups in total. The van der Waals surface area contributed by atoms with E-state index in [1.165, 1.54) is 7.05 Å². The molecule has 4 amide bonds. The number of nitrogens with zero attached hydrogens (tertiary/aromatic N) is 1. The summed E-state index contributed by atoms with van der Waals surface area (Å²) in [7, 11) is 1.45. The van der Waals surface area contributed by atoms with Crippen molar-refractivity contribution in [1.29, 1.82) is 0 Å². The smallest absolute Gasteiger partial charge is 0.322 e. The summed E-state index contributed by atoms with van der Waals surface area (Å²) < 4.78 is 0. The van der Waals surface area contributed by atoms with Crippen molar-refractivity contribution in [1.82, 2.24) is 10.2 Å². The van der Waals surface area contributed by atoms with E-state index < -0.39 is 11.6 Å². The number of carbonyl (C=O) groups is 3. The van der Waals surface area contributed by atoms with Crippen LogP contribution in [0.1, 0.15) is 22.8 Å². The van der Waals surface area contributed by atoms with Crippen LogP contribution in [0.3, 0.4) is 0 Å². The van der Waals surface area contributed by atoms with E-state index in [-0.39, 0.29) is 11.8 Å². The van der Waals surface area contributed by atoms with Gasteiger partial charge in [-0.3, -0.25) is 14.5 Å². The molecule has 150 valence electrons. The lowest BCUT2D eigenvalue weighted by Crippen LogP contribution is -2.40. The SMILES string of the molecule is CN1C(=O)NC(C)(c2ccc(NC(=O)c3ccc(-c4ccccc4)cc3)cc2)C1=O. The zero-order chi connectivity index (χ0) is 21.3. The molecule has 0 aromatic heterocycles. The molecule has 1 aliphatic rings. The van der Waals surface area contributed by atoms with E-state index in [0.29, 0.717) is 16.8 Å². The van der Waals surface area contributed by atoms with Gasteiger partial charge < -0.3 is 10.6 Å². The summed E-state index contributed by atoms with van der Waals surface area (Å²) in [6.45, 7) is 1.67. The minimum atomic E-state index is -1.11. The summed E-state index contributed by atoms with van der Waals surface area (Å²) >= 11 is 0. The maximum Gasteiger partial charge on any atom is 0.325 e. The van der Waals surface area contributed by atoms with Gasteiger partial charge in [0.25, 0.3) is 11.8 Å². The van der Waals surface area contributed by atoms with Crippen molar-refractivity contribution in [2.24, 2.45) is 0 Å². The summed E-state index contributed by atoms with van der Waals surface area (Å²) in [5.74, 6) is -0.540. The van der Waals surface area contributed by atoms with Crippen molar-refractivity contribution in [3.8, 4) is 11.1 Å². The van der Waals surface area contributed by atoms with Crippen molar-refractivity contribution in [2.75, 3.05) is 12.4 Å². The Balaban J connectivity index is 1.47. The molecule has 0 radical (unpaired) electrons. The predicted molar refractivity (Wildman–Crippen MR) is 115 cm³/mol. The third-order valence-electron chi connectivity index (χ3n) is 5.37. The lowest BCUT2D eigenvalue weighted by atomic mass is 9.92. The average Bonchev–Trinajstić information content (AvgIpc) is 2.98. The molecule has 1 unspecified atom stereocenters. The Morgan fingerprint density at radius 2 is 1.47 bits per heavy atom. The second-order valence-corrected chi connectivity index (χ2v) is 7.39. The van der Waals surface area contributed by atoms with Gasteiger partial charge in [0.15, 0.2) is 0 Å². The van der Waals surface area contributed by atoms with Crippen molar-refractivity contribution in [3.63, 3.8) is 0 Å². The Kier molecular flexibility index (Phi) is 4.83. The Morgan fingerprint density at radius 1 is 0.867 bits per heavy atom. The molecule has 4 rings (SSSR count). The average molecular weight is 399 g/mol. The largest absolute Gasteiger partial charge is 0.325 e. The number of hydrogen-bond acceptors (Lipinski definition) is 3. The third-order valence-corrected chi connectivity index (χ3v) is 5.37. The summed E-state index contributed by atoms with van der Waals surface area (Å²) in [4.78, 5) is 37.8. The second-order valence-electron chi connectivity index (χ2n) is 7.39.